The van der Waals surface area contributed by atoms with Crippen molar-refractivity contribution in [1.29, 1.82) is 0 Å². The first kappa shape index (κ1) is 18.3. The van der Waals surface area contributed by atoms with E-state index in [-0.39, 0.29) is 5.91 Å². The third-order valence-corrected chi connectivity index (χ3v) is 3.88. The van der Waals surface area contributed by atoms with Gasteiger partial charge in [0, 0.05) is 29.9 Å². The van der Waals surface area contributed by atoms with E-state index in [1.54, 1.807) is 36.4 Å². The first-order valence-electron chi connectivity index (χ1n) is 8.18. The van der Waals surface area contributed by atoms with Crippen LogP contribution in [-0.4, -0.2) is 32.0 Å². The summed E-state index contributed by atoms with van der Waals surface area (Å²) in [6, 6.07) is 14.0. The summed E-state index contributed by atoms with van der Waals surface area (Å²) < 4.78 is 5.08. The van der Waals surface area contributed by atoms with Crippen LogP contribution in [0, 0.1) is 0 Å². The summed E-state index contributed by atoms with van der Waals surface area (Å²) in [6.07, 6.45) is 0. The fourth-order valence-electron chi connectivity index (χ4n) is 2.43. The zero-order chi connectivity index (χ0) is 18.2. The standard InChI is InChI=1S/C19H23N3O3/c1-4-22(5-2)16-11-9-14(10-12-16)18(23)20-21-19(24)15-7-6-8-17(13-15)25-3/h6-13H,4-5H2,1-3H3,(H,20,23)(H,21,24). The molecule has 0 aliphatic carbocycles. The summed E-state index contributed by atoms with van der Waals surface area (Å²) in [4.78, 5) is 26.4. The number of nitrogens with zero attached hydrogens (tertiary/aromatic N) is 1. The molecule has 0 unspecified atom stereocenters. The number of benzene rings is 2. The third kappa shape index (κ3) is 4.73. The molecule has 0 fully saturated rings. The van der Waals surface area contributed by atoms with Crippen molar-refractivity contribution in [3.63, 3.8) is 0 Å². The lowest BCUT2D eigenvalue weighted by molar-refractivity contribution is 0.0846. The number of ether oxygens (including phenoxy) is 1. The predicted molar refractivity (Wildman–Crippen MR) is 97.9 cm³/mol. The highest BCUT2D eigenvalue weighted by molar-refractivity contribution is 5.99. The van der Waals surface area contributed by atoms with Crippen molar-refractivity contribution in [2.75, 3.05) is 25.1 Å². The smallest absolute Gasteiger partial charge is 0.269 e. The van der Waals surface area contributed by atoms with Crippen LogP contribution in [0.15, 0.2) is 48.5 Å². The van der Waals surface area contributed by atoms with Gasteiger partial charge in [-0.05, 0) is 56.3 Å². The van der Waals surface area contributed by atoms with Gasteiger partial charge in [0.05, 0.1) is 7.11 Å². The molecule has 0 saturated carbocycles. The molecule has 0 heterocycles. The van der Waals surface area contributed by atoms with Gasteiger partial charge in [0.15, 0.2) is 0 Å². The Morgan fingerprint density at radius 1 is 0.920 bits per heavy atom. The van der Waals surface area contributed by atoms with Crippen molar-refractivity contribution in [3.05, 3.63) is 59.7 Å². The fraction of sp³-hybridized carbons (Fsp3) is 0.263. The molecule has 0 aliphatic heterocycles. The van der Waals surface area contributed by atoms with Gasteiger partial charge in [-0.15, -0.1) is 0 Å². The van der Waals surface area contributed by atoms with E-state index in [1.165, 1.54) is 7.11 Å². The molecule has 6 nitrogen and oxygen atoms in total. The summed E-state index contributed by atoms with van der Waals surface area (Å²) in [5.41, 5.74) is 6.75. The van der Waals surface area contributed by atoms with E-state index in [0.717, 1.165) is 18.8 Å². The Balaban J connectivity index is 1.96. The zero-order valence-electron chi connectivity index (χ0n) is 14.7. The van der Waals surface area contributed by atoms with Gasteiger partial charge < -0.3 is 9.64 Å². The van der Waals surface area contributed by atoms with Crippen LogP contribution >= 0.6 is 0 Å². The van der Waals surface area contributed by atoms with Gasteiger partial charge in [0.1, 0.15) is 5.75 Å². The third-order valence-electron chi connectivity index (χ3n) is 3.88. The minimum atomic E-state index is -0.410. The molecule has 2 aromatic carbocycles. The minimum absolute atomic E-state index is 0.373. The summed E-state index contributed by atoms with van der Waals surface area (Å²) in [6.45, 7) is 5.97. The van der Waals surface area contributed by atoms with Gasteiger partial charge in [-0.25, -0.2) is 0 Å². The van der Waals surface area contributed by atoms with E-state index >= 15 is 0 Å². The molecule has 0 atom stereocenters. The lowest BCUT2D eigenvalue weighted by atomic mass is 10.2. The summed E-state index contributed by atoms with van der Waals surface area (Å²) >= 11 is 0. The molecule has 0 aromatic heterocycles. The van der Waals surface area contributed by atoms with Crippen molar-refractivity contribution in [1.82, 2.24) is 10.9 Å². The second-order valence-electron chi connectivity index (χ2n) is 5.36. The van der Waals surface area contributed by atoms with Crippen LogP contribution in [0.1, 0.15) is 34.6 Å². The minimum Gasteiger partial charge on any atom is -0.497 e. The molecule has 0 saturated heterocycles. The van der Waals surface area contributed by atoms with Gasteiger partial charge in [0.25, 0.3) is 11.8 Å². The average Bonchev–Trinajstić information content (AvgIpc) is 2.67. The Morgan fingerprint density at radius 2 is 1.52 bits per heavy atom. The highest BCUT2D eigenvalue weighted by Crippen LogP contribution is 2.15. The number of rotatable bonds is 6. The first-order chi connectivity index (χ1) is 12.1. The largest absolute Gasteiger partial charge is 0.497 e. The van der Waals surface area contributed by atoms with E-state index in [0.29, 0.717) is 16.9 Å². The molecular formula is C19H23N3O3. The SMILES string of the molecule is CCN(CC)c1ccc(C(=O)NNC(=O)c2cccc(OC)c2)cc1. The Labute approximate surface area is 147 Å². The molecule has 2 aromatic rings. The molecule has 2 N–H and O–H groups in total. The Bertz CT molecular complexity index is 725. The molecule has 0 spiro atoms. The van der Waals surface area contributed by atoms with Crippen LogP contribution in [0.3, 0.4) is 0 Å². The van der Waals surface area contributed by atoms with E-state index in [2.05, 4.69) is 29.6 Å². The molecular weight excluding hydrogens is 318 g/mol. The zero-order valence-corrected chi connectivity index (χ0v) is 14.7. The number of carbonyl (C=O) groups excluding carboxylic acids is 2. The highest BCUT2D eigenvalue weighted by atomic mass is 16.5. The predicted octanol–water partition coefficient (Wildman–Crippen LogP) is 2.62. The van der Waals surface area contributed by atoms with Crippen LogP contribution in [0.5, 0.6) is 5.75 Å². The topological polar surface area (TPSA) is 70.7 Å². The molecule has 2 rings (SSSR count). The highest BCUT2D eigenvalue weighted by Gasteiger charge is 2.10. The van der Waals surface area contributed by atoms with Gasteiger partial charge in [-0.2, -0.15) is 0 Å². The number of hydrogen-bond acceptors (Lipinski definition) is 4. The van der Waals surface area contributed by atoms with Crippen molar-refractivity contribution in [2.45, 2.75) is 13.8 Å². The van der Waals surface area contributed by atoms with E-state index in [1.807, 2.05) is 12.1 Å². The quantitative estimate of drug-likeness (QED) is 0.793. The Kier molecular flexibility index (Phi) is 6.39. The second-order valence-corrected chi connectivity index (χ2v) is 5.36. The van der Waals surface area contributed by atoms with Crippen molar-refractivity contribution >= 4 is 17.5 Å². The number of carbonyl (C=O) groups is 2. The summed E-state index contributed by atoms with van der Waals surface area (Å²) in [5.74, 6) is -0.208. The van der Waals surface area contributed by atoms with Crippen molar-refractivity contribution < 1.29 is 14.3 Å². The molecule has 25 heavy (non-hydrogen) atoms. The number of anilines is 1. The van der Waals surface area contributed by atoms with Crippen LogP contribution < -0.4 is 20.5 Å². The number of nitrogens with one attached hydrogen (secondary N) is 2. The molecule has 0 radical (unpaired) electrons. The number of hydrogen-bond donors (Lipinski definition) is 2. The maximum Gasteiger partial charge on any atom is 0.269 e. The lowest BCUT2D eigenvalue weighted by Crippen LogP contribution is -2.41. The molecule has 6 heteroatoms. The van der Waals surface area contributed by atoms with Crippen molar-refractivity contribution in [2.24, 2.45) is 0 Å². The Hall–Kier alpha value is -3.02. The van der Waals surface area contributed by atoms with E-state index in [4.69, 9.17) is 4.74 Å². The summed E-state index contributed by atoms with van der Waals surface area (Å²) in [5, 5.41) is 0. The van der Waals surface area contributed by atoms with Gasteiger partial charge in [-0.1, -0.05) is 6.07 Å². The molecule has 132 valence electrons. The maximum atomic E-state index is 12.2. The van der Waals surface area contributed by atoms with Gasteiger partial charge >= 0.3 is 0 Å². The fourth-order valence-corrected chi connectivity index (χ4v) is 2.43. The first-order valence-corrected chi connectivity index (χ1v) is 8.18. The lowest BCUT2D eigenvalue weighted by Gasteiger charge is -2.21. The van der Waals surface area contributed by atoms with Gasteiger partial charge in [-0.3, -0.25) is 20.4 Å². The number of hydrazine groups is 1. The number of amides is 2. The van der Waals surface area contributed by atoms with Crippen LogP contribution in [0.2, 0.25) is 0 Å². The van der Waals surface area contributed by atoms with E-state index < -0.39 is 5.91 Å². The normalized spacial score (nSPS) is 10.0. The summed E-state index contributed by atoms with van der Waals surface area (Å²) in [7, 11) is 1.53. The molecule has 0 aliphatic rings. The van der Waals surface area contributed by atoms with Crippen molar-refractivity contribution in [3.8, 4) is 5.75 Å². The molecule has 2 amide bonds. The maximum absolute atomic E-state index is 12.2. The monoisotopic (exact) mass is 341 g/mol. The van der Waals surface area contributed by atoms with Crippen LogP contribution in [0.4, 0.5) is 5.69 Å². The second kappa shape index (κ2) is 8.73. The van der Waals surface area contributed by atoms with Crippen LogP contribution in [-0.2, 0) is 0 Å². The van der Waals surface area contributed by atoms with Gasteiger partial charge in [0.2, 0.25) is 0 Å². The van der Waals surface area contributed by atoms with Crippen LogP contribution in [0.25, 0.3) is 0 Å². The molecule has 0 bridgehead atoms. The van der Waals surface area contributed by atoms with E-state index in [9.17, 15) is 9.59 Å². The number of methoxy groups -OCH3 is 1. The Morgan fingerprint density at radius 3 is 2.08 bits per heavy atom. The average molecular weight is 341 g/mol.